The number of benzene rings is 5. The third kappa shape index (κ3) is 17.2. The minimum atomic E-state index is -1.04. The fraction of sp³-hybridized carbons (Fsp3) is 0.200. The zero-order valence-corrected chi connectivity index (χ0v) is 49.7. The Balaban J connectivity index is 0.000000254. The van der Waals surface area contributed by atoms with E-state index in [1.807, 2.05) is 55.5 Å². The Labute approximate surface area is 521 Å². The molecule has 1 amide bonds. The number of nitrogens with one attached hydrogen (secondary N) is 3. The summed E-state index contributed by atoms with van der Waals surface area (Å²) in [5.41, 5.74) is 14.1. The number of esters is 1. The summed E-state index contributed by atoms with van der Waals surface area (Å²) in [6.07, 6.45) is 7.93. The Morgan fingerprint density at radius 1 is 0.440 bits per heavy atom. The number of carboxylic acid groups (broad SMARTS) is 3. The highest BCUT2D eigenvalue weighted by Crippen LogP contribution is 2.39. The molecule has 8 aromatic rings. The predicted molar refractivity (Wildman–Crippen MR) is 342 cm³/mol. The standard InChI is InChI=1S/C48H32N4O6.C22H33NO10/c1-26-2-4-27(5-3-26)42-34-18-20-36(49-34)43(28-6-12-31(13-7-28)46(53)54)38-22-24-40(51-38)45(30-10-16-33(17-11-30)48(57)58)41-25-23-39(52-41)44(37-21-19-35(42)50-37)29-8-14-32(15-9-29)47(55)56;1-17(24)2-5-21(27)32-14-12-30-10-8-29-9-11-31-13-15-33-22(28)23-7-6-18-3-4-19(25)20(26)16-18/h2-25,49,52H,1H3,(H,53,54)(H,55,56)(H,57,58);3-4,16,25-26H,2,5-15H2,1H3,(H,23,28). The number of aromatic hydroxyl groups is 2. The largest absolute Gasteiger partial charge is 0.504 e. The Hall–Kier alpha value is -11.0. The van der Waals surface area contributed by atoms with Crippen LogP contribution in [0.25, 0.3) is 90.9 Å². The van der Waals surface area contributed by atoms with Crippen molar-refractivity contribution in [3.05, 3.63) is 190 Å². The first-order valence-electron chi connectivity index (χ1n) is 29.0. The van der Waals surface area contributed by atoms with Gasteiger partial charge in [0.2, 0.25) is 0 Å². The molecule has 0 atom stereocenters. The molecule has 0 aliphatic carbocycles. The molecule has 10 rings (SSSR count). The summed E-state index contributed by atoms with van der Waals surface area (Å²) in [5.74, 6) is -3.96. The van der Waals surface area contributed by atoms with Crippen molar-refractivity contribution in [1.82, 2.24) is 25.3 Å². The Morgan fingerprint density at radius 3 is 1.16 bits per heavy atom. The van der Waals surface area contributed by atoms with Crippen molar-refractivity contribution in [2.75, 3.05) is 59.4 Å². The van der Waals surface area contributed by atoms with Crippen molar-refractivity contribution in [2.24, 2.45) is 0 Å². The number of H-pyrrole nitrogens is 2. The number of Topliss-reactive ketones (excluding diaryl/α,β-unsaturated/α-hetero) is 1. The maximum atomic E-state index is 11.8. The number of rotatable bonds is 25. The predicted octanol–water partition coefficient (Wildman–Crippen LogP) is 12.1. The summed E-state index contributed by atoms with van der Waals surface area (Å²) < 4.78 is 25.7. The van der Waals surface area contributed by atoms with E-state index in [0.717, 1.165) is 61.1 Å². The van der Waals surface area contributed by atoms with Crippen LogP contribution in [0, 0.1) is 6.92 Å². The first kappa shape index (κ1) is 64.5. The van der Waals surface area contributed by atoms with Crippen LogP contribution in [0.4, 0.5) is 4.79 Å². The van der Waals surface area contributed by atoms with Crippen LogP contribution in [-0.4, -0.2) is 141 Å². The number of carbonyl (C=O) groups is 6. The number of aromatic carboxylic acids is 3. The summed E-state index contributed by atoms with van der Waals surface area (Å²) in [4.78, 5) is 86.8. The molecule has 21 heteroatoms. The molecule has 5 heterocycles. The van der Waals surface area contributed by atoms with Crippen LogP contribution >= 0.6 is 0 Å². The molecule has 0 spiro atoms. The highest BCUT2D eigenvalue weighted by molar-refractivity contribution is 6.01. The topological polar surface area (TPSA) is 319 Å². The third-order valence-corrected chi connectivity index (χ3v) is 14.5. The molecule has 21 nitrogen and oxygen atoms in total. The van der Waals surface area contributed by atoms with E-state index >= 15 is 0 Å². The SMILES string of the molecule is CC(=O)CCC(=O)OCCOCCOCCOCCOC(=O)NCCc1ccc(O)c(O)c1.Cc1ccc(-c2c3nc(c(-c4ccc(C(=O)O)cc4)c4ccc([nH]4)c(-c4ccc(C(=O)O)cc4)c4nc(c(-c5ccc(C(=O)O)cc5)c5ccc2[nH]5)C=C4)C=C3)cc1. The quantitative estimate of drug-likeness (QED) is 0.0150. The highest BCUT2D eigenvalue weighted by atomic mass is 16.6. The molecule has 2 aliphatic heterocycles. The van der Waals surface area contributed by atoms with E-state index in [4.69, 9.17) is 33.7 Å². The minimum absolute atomic E-state index is 0.0522. The Morgan fingerprint density at radius 2 is 0.802 bits per heavy atom. The molecule has 0 unspecified atom stereocenters. The lowest BCUT2D eigenvalue weighted by Crippen LogP contribution is -2.27. The number of phenolic OH excluding ortho intramolecular Hbond substituents is 2. The molecule has 3 aromatic heterocycles. The van der Waals surface area contributed by atoms with Crippen LogP contribution in [0.15, 0.2) is 140 Å². The van der Waals surface area contributed by atoms with Crippen molar-refractivity contribution >= 4 is 82.1 Å². The zero-order chi connectivity index (χ0) is 64.4. The number of carbonyl (C=O) groups excluding carboxylic acids is 3. The van der Waals surface area contributed by atoms with Gasteiger partial charge in [0, 0.05) is 57.3 Å². The van der Waals surface area contributed by atoms with Gasteiger partial charge in [0.15, 0.2) is 11.5 Å². The summed E-state index contributed by atoms with van der Waals surface area (Å²) in [7, 11) is 0. The van der Waals surface area contributed by atoms with E-state index in [-0.39, 0.29) is 73.2 Å². The highest BCUT2D eigenvalue weighted by Gasteiger charge is 2.21. The van der Waals surface area contributed by atoms with Crippen LogP contribution < -0.4 is 5.32 Å². The van der Waals surface area contributed by atoms with Gasteiger partial charge in [-0.25, -0.2) is 29.1 Å². The van der Waals surface area contributed by atoms with Crippen molar-refractivity contribution in [1.29, 1.82) is 0 Å². The van der Waals surface area contributed by atoms with Crippen molar-refractivity contribution in [3.63, 3.8) is 0 Å². The number of hydrogen-bond donors (Lipinski definition) is 8. The number of ketones is 1. The number of carboxylic acids is 3. The maximum absolute atomic E-state index is 11.8. The molecule has 8 bridgehead atoms. The Kier molecular flexibility index (Phi) is 21.8. The number of phenols is 2. The second kappa shape index (κ2) is 30.8. The lowest BCUT2D eigenvalue weighted by atomic mass is 10.0. The van der Waals surface area contributed by atoms with Crippen LogP contribution in [0.3, 0.4) is 0 Å². The molecular formula is C70H65N5O16. The lowest BCUT2D eigenvalue weighted by Gasteiger charge is -2.09. The van der Waals surface area contributed by atoms with E-state index < -0.39 is 30.0 Å². The third-order valence-electron chi connectivity index (χ3n) is 14.5. The minimum Gasteiger partial charge on any atom is -0.504 e. The summed E-state index contributed by atoms with van der Waals surface area (Å²) in [6.45, 7) is 5.89. The maximum Gasteiger partial charge on any atom is 0.407 e. The molecule has 0 radical (unpaired) electrons. The van der Waals surface area contributed by atoms with Gasteiger partial charge in [0.25, 0.3) is 0 Å². The smallest absolute Gasteiger partial charge is 0.407 e. The monoisotopic (exact) mass is 1230 g/mol. The summed E-state index contributed by atoms with van der Waals surface area (Å²) >= 11 is 0. The molecule has 0 saturated heterocycles. The number of nitrogens with zero attached hydrogens (tertiary/aromatic N) is 2. The van der Waals surface area contributed by atoms with Crippen LogP contribution in [-0.2, 0) is 39.7 Å². The average molecular weight is 1230 g/mol. The molecule has 0 fully saturated rings. The van der Waals surface area contributed by atoms with Crippen LogP contribution in [0.2, 0.25) is 0 Å². The second-order valence-electron chi connectivity index (χ2n) is 20.9. The van der Waals surface area contributed by atoms with E-state index in [2.05, 4.69) is 39.6 Å². The number of amides is 1. The van der Waals surface area contributed by atoms with Crippen molar-refractivity contribution in [3.8, 4) is 56.0 Å². The van der Waals surface area contributed by atoms with E-state index in [0.29, 0.717) is 78.8 Å². The normalized spacial score (nSPS) is 11.4. The molecule has 91 heavy (non-hydrogen) atoms. The lowest BCUT2D eigenvalue weighted by molar-refractivity contribution is -0.146. The van der Waals surface area contributed by atoms with Crippen LogP contribution in [0.5, 0.6) is 11.5 Å². The van der Waals surface area contributed by atoms with Gasteiger partial charge in [0.1, 0.15) is 19.0 Å². The van der Waals surface area contributed by atoms with Crippen molar-refractivity contribution < 1.29 is 78.0 Å². The van der Waals surface area contributed by atoms with Gasteiger partial charge in [-0.2, -0.15) is 0 Å². The fourth-order valence-corrected chi connectivity index (χ4v) is 9.86. The molecular weight excluding hydrogens is 1170 g/mol. The fourth-order valence-electron chi connectivity index (χ4n) is 9.86. The van der Waals surface area contributed by atoms with Gasteiger partial charge < -0.3 is 69.3 Å². The number of alkyl carbamates (subject to hydrolysis) is 1. The molecule has 2 aliphatic rings. The first-order chi connectivity index (χ1) is 44.0. The number of ether oxygens (including phenoxy) is 5. The number of aromatic amines is 2. The van der Waals surface area contributed by atoms with Gasteiger partial charge in [-0.1, -0.05) is 72.3 Å². The van der Waals surface area contributed by atoms with Crippen molar-refractivity contribution in [2.45, 2.75) is 33.1 Å². The number of hydrogen-bond acceptors (Lipinski definition) is 15. The van der Waals surface area contributed by atoms with E-state index in [1.165, 1.54) is 19.1 Å². The number of fused-ring (bicyclic) bond motifs is 8. The van der Waals surface area contributed by atoms with Gasteiger partial charge in [-0.05, 0) is 145 Å². The van der Waals surface area contributed by atoms with E-state index in [9.17, 15) is 54.3 Å². The zero-order valence-electron chi connectivity index (χ0n) is 49.7. The number of aromatic nitrogens is 4. The first-order valence-corrected chi connectivity index (χ1v) is 29.0. The average Bonchev–Trinajstić information content (AvgIpc) is 1.66. The second-order valence-corrected chi connectivity index (χ2v) is 20.9. The van der Waals surface area contributed by atoms with Gasteiger partial charge >= 0.3 is 30.0 Å². The molecule has 466 valence electrons. The number of aryl methyl sites for hydroxylation is 1. The van der Waals surface area contributed by atoms with Gasteiger partial charge in [0.05, 0.1) is 85.5 Å². The van der Waals surface area contributed by atoms with E-state index in [1.54, 1.807) is 78.9 Å². The van der Waals surface area contributed by atoms with Gasteiger partial charge in [-0.3, -0.25) is 4.79 Å². The molecule has 0 saturated carbocycles. The van der Waals surface area contributed by atoms with Gasteiger partial charge in [-0.15, -0.1) is 0 Å². The Bertz CT molecular complexity index is 4150. The molecule has 8 N–H and O–H groups in total. The molecule has 5 aromatic carbocycles. The van der Waals surface area contributed by atoms with Crippen LogP contribution in [0.1, 0.15) is 84.7 Å². The summed E-state index contributed by atoms with van der Waals surface area (Å²) in [6, 6.07) is 40.5. The summed E-state index contributed by atoms with van der Waals surface area (Å²) in [5, 5.41) is 50.3.